The lowest BCUT2D eigenvalue weighted by Gasteiger charge is -2.29. The number of hydrogen-bond donors (Lipinski definition) is 1. The molecule has 156 valence electrons. The maximum absolute atomic E-state index is 13.0. The summed E-state index contributed by atoms with van der Waals surface area (Å²) in [4.78, 5) is 27.2. The lowest BCUT2D eigenvalue weighted by atomic mass is 10.1. The minimum atomic E-state index is -0.583. The number of aryl methyl sites for hydroxylation is 2. The number of rotatable bonds is 10. The quantitative estimate of drug-likeness (QED) is 0.617. The zero-order valence-electron chi connectivity index (χ0n) is 17.9. The Bertz CT molecular complexity index is 819. The molecule has 0 aliphatic heterocycles. The van der Waals surface area contributed by atoms with Gasteiger partial charge in [0.05, 0.1) is 0 Å². The van der Waals surface area contributed by atoms with Crippen molar-refractivity contribution in [3.05, 3.63) is 65.2 Å². The van der Waals surface area contributed by atoms with Crippen LogP contribution in [0.1, 0.15) is 43.4 Å². The first-order valence-electron chi connectivity index (χ1n) is 10.2. The van der Waals surface area contributed by atoms with Gasteiger partial charge in [0.1, 0.15) is 11.8 Å². The fourth-order valence-electron chi connectivity index (χ4n) is 3.02. The lowest BCUT2D eigenvalue weighted by Crippen LogP contribution is -2.49. The van der Waals surface area contributed by atoms with Crippen LogP contribution in [0.4, 0.5) is 0 Å². The van der Waals surface area contributed by atoms with Crippen LogP contribution < -0.4 is 10.1 Å². The number of benzene rings is 2. The first kappa shape index (κ1) is 22.5. The summed E-state index contributed by atoms with van der Waals surface area (Å²) in [6.07, 6.45) is 1.92. The topological polar surface area (TPSA) is 58.6 Å². The molecule has 29 heavy (non-hydrogen) atoms. The van der Waals surface area contributed by atoms with E-state index in [-0.39, 0.29) is 18.4 Å². The van der Waals surface area contributed by atoms with E-state index in [4.69, 9.17) is 4.74 Å². The van der Waals surface area contributed by atoms with E-state index in [2.05, 4.69) is 12.2 Å². The van der Waals surface area contributed by atoms with Gasteiger partial charge in [0.15, 0.2) is 6.61 Å². The van der Waals surface area contributed by atoms with E-state index in [1.165, 1.54) is 0 Å². The molecule has 0 aliphatic carbocycles. The summed E-state index contributed by atoms with van der Waals surface area (Å²) < 4.78 is 5.70. The number of carbonyl (C=O) groups is 2. The highest BCUT2D eigenvalue weighted by atomic mass is 16.5. The summed E-state index contributed by atoms with van der Waals surface area (Å²) in [5.74, 6) is 0.290. The molecular formula is C24H32N2O3. The van der Waals surface area contributed by atoms with Crippen molar-refractivity contribution in [1.82, 2.24) is 10.2 Å². The summed E-state index contributed by atoms with van der Waals surface area (Å²) in [7, 11) is 0. The van der Waals surface area contributed by atoms with Gasteiger partial charge in [-0.3, -0.25) is 9.59 Å². The second-order valence-corrected chi connectivity index (χ2v) is 7.37. The molecule has 0 saturated carbocycles. The van der Waals surface area contributed by atoms with Crippen LogP contribution in [0.25, 0.3) is 0 Å². The van der Waals surface area contributed by atoms with Crippen molar-refractivity contribution in [3.63, 3.8) is 0 Å². The molecule has 2 rings (SSSR count). The highest BCUT2D eigenvalue weighted by molar-refractivity contribution is 5.88. The van der Waals surface area contributed by atoms with Gasteiger partial charge < -0.3 is 15.0 Å². The van der Waals surface area contributed by atoms with Crippen molar-refractivity contribution in [2.24, 2.45) is 0 Å². The number of hydrogen-bond acceptors (Lipinski definition) is 3. The highest BCUT2D eigenvalue weighted by Crippen LogP contribution is 2.16. The highest BCUT2D eigenvalue weighted by Gasteiger charge is 2.26. The van der Waals surface area contributed by atoms with Gasteiger partial charge in [-0.1, -0.05) is 49.7 Å². The molecule has 5 nitrogen and oxygen atoms in total. The molecule has 0 bridgehead atoms. The Labute approximate surface area is 174 Å². The molecule has 5 heteroatoms. The number of ether oxygens (including phenoxy) is 1. The standard InChI is InChI=1S/C24H32N2O3/c1-5-6-14-25-24(28)20(4)26(16-21-12-8-7-11-19(21)3)23(27)17-29-22-13-9-10-18(2)15-22/h7-13,15,20H,5-6,14,16-17H2,1-4H3,(H,25,28)/t20-/m0/s1. The molecule has 1 atom stereocenters. The minimum Gasteiger partial charge on any atom is -0.484 e. The second kappa shape index (κ2) is 11.2. The van der Waals surface area contributed by atoms with Crippen molar-refractivity contribution >= 4 is 11.8 Å². The summed E-state index contributed by atoms with van der Waals surface area (Å²) in [6, 6.07) is 14.9. The fraction of sp³-hybridized carbons (Fsp3) is 0.417. The SMILES string of the molecule is CCCCNC(=O)[C@H](C)N(Cc1ccccc1C)C(=O)COc1cccc(C)c1. The van der Waals surface area contributed by atoms with Crippen LogP contribution in [-0.4, -0.2) is 35.9 Å². The van der Waals surface area contributed by atoms with E-state index in [0.717, 1.165) is 29.5 Å². The molecule has 2 aromatic carbocycles. The zero-order chi connectivity index (χ0) is 21.2. The third-order valence-corrected chi connectivity index (χ3v) is 4.95. The largest absolute Gasteiger partial charge is 0.484 e. The van der Waals surface area contributed by atoms with Gasteiger partial charge in [-0.15, -0.1) is 0 Å². The Balaban J connectivity index is 2.12. The lowest BCUT2D eigenvalue weighted by molar-refractivity contribution is -0.142. The molecule has 0 heterocycles. The molecule has 1 N–H and O–H groups in total. The van der Waals surface area contributed by atoms with Gasteiger partial charge in [-0.2, -0.15) is 0 Å². The van der Waals surface area contributed by atoms with Crippen LogP contribution >= 0.6 is 0 Å². The fourth-order valence-corrected chi connectivity index (χ4v) is 3.02. The van der Waals surface area contributed by atoms with E-state index in [0.29, 0.717) is 18.8 Å². The van der Waals surface area contributed by atoms with Gasteiger partial charge in [0.2, 0.25) is 5.91 Å². The summed E-state index contributed by atoms with van der Waals surface area (Å²) >= 11 is 0. The Morgan fingerprint density at radius 3 is 2.55 bits per heavy atom. The number of unbranched alkanes of at least 4 members (excludes halogenated alkanes) is 1. The van der Waals surface area contributed by atoms with Crippen LogP contribution in [0.2, 0.25) is 0 Å². The van der Waals surface area contributed by atoms with Gasteiger partial charge in [0, 0.05) is 13.1 Å². The normalized spacial score (nSPS) is 11.6. The van der Waals surface area contributed by atoms with E-state index >= 15 is 0 Å². The van der Waals surface area contributed by atoms with Gasteiger partial charge >= 0.3 is 0 Å². The van der Waals surface area contributed by atoms with Crippen LogP contribution in [0.5, 0.6) is 5.75 Å². The third-order valence-electron chi connectivity index (χ3n) is 4.95. The molecule has 0 spiro atoms. The van der Waals surface area contributed by atoms with Crippen molar-refractivity contribution in [2.45, 2.75) is 53.1 Å². The number of carbonyl (C=O) groups excluding carboxylic acids is 2. The predicted molar refractivity (Wildman–Crippen MR) is 116 cm³/mol. The molecule has 0 unspecified atom stereocenters. The van der Waals surface area contributed by atoms with Gasteiger partial charge in [-0.05, 0) is 56.0 Å². The monoisotopic (exact) mass is 396 g/mol. The predicted octanol–water partition coefficient (Wildman–Crippen LogP) is 4.02. The molecule has 0 aliphatic rings. The maximum atomic E-state index is 13.0. The Hall–Kier alpha value is -2.82. The molecule has 0 saturated heterocycles. The molecule has 0 aromatic heterocycles. The smallest absolute Gasteiger partial charge is 0.261 e. The van der Waals surface area contributed by atoms with Crippen molar-refractivity contribution in [3.8, 4) is 5.75 Å². The van der Waals surface area contributed by atoms with E-state index < -0.39 is 6.04 Å². The molecule has 2 aromatic rings. The van der Waals surface area contributed by atoms with Gasteiger partial charge in [0.25, 0.3) is 5.91 Å². The van der Waals surface area contributed by atoms with E-state index in [1.807, 2.05) is 62.4 Å². The van der Waals surface area contributed by atoms with Crippen LogP contribution in [0.15, 0.2) is 48.5 Å². The number of amides is 2. The van der Waals surface area contributed by atoms with Crippen molar-refractivity contribution in [1.29, 1.82) is 0 Å². The minimum absolute atomic E-state index is 0.109. The maximum Gasteiger partial charge on any atom is 0.261 e. The first-order valence-corrected chi connectivity index (χ1v) is 10.2. The molecular weight excluding hydrogens is 364 g/mol. The molecule has 2 amide bonds. The van der Waals surface area contributed by atoms with E-state index in [1.54, 1.807) is 11.8 Å². The number of nitrogens with zero attached hydrogens (tertiary/aromatic N) is 1. The van der Waals surface area contributed by atoms with Crippen LogP contribution in [-0.2, 0) is 16.1 Å². The Morgan fingerprint density at radius 2 is 1.86 bits per heavy atom. The Morgan fingerprint density at radius 1 is 1.10 bits per heavy atom. The van der Waals surface area contributed by atoms with Crippen molar-refractivity contribution < 1.29 is 14.3 Å². The Kier molecular flexibility index (Phi) is 8.71. The summed E-state index contributed by atoms with van der Waals surface area (Å²) in [6.45, 7) is 8.70. The second-order valence-electron chi connectivity index (χ2n) is 7.37. The average molecular weight is 397 g/mol. The average Bonchev–Trinajstić information content (AvgIpc) is 2.71. The van der Waals surface area contributed by atoms with Crippen LogP contribution in [0.3, 0.4) is 0 Å². The molecule has 0 radical (unpaired) electrons. The van der Waals surface area contributed by atoms with Crippen molar-refractivity contribution in [2.75, 3.05) is 13.2 Å². The third kappa shape index (κ3) is 6.93. The zero-order valence-corrected chi connectivity index (χ0v) is 17.9. The first-order chi connectivity index (χ1) is 13.9. The van der Waals surface area contributed by atoms with E-state index in [9.17, 15) is 9.59 Å². The summed E-state index contributed by atoms with van der Waals surface area (Å²) in [5, 5.41) is 2.93. The molecule has 0 fully saturated rings. The van der Waals surface area contributed by atoms with Gasteiger partial charge in [-0.25, -0.2) is 0 Å². The summed E-state index contributed by atoms with van der Waals surface area (Å²) in [5.41, 5.74) is 3.17. The number of nitrogens with one attached hydrogen (secondary N) is 1. The van der Waals surface area contributed by atoms with Crippen LogP contribution in [0, 0.1) is 13.8 Å².